The van der Waals surface area contributed by atoms with Gasteiger partial charge in [-0.2, -0.15) is 0 Å². The molecule has 0 spiro atoms. The average molecular weight is 511 g/mol. The van der Waals surface area contributed by atoms with Gasteiger partial charge in [-0.05, 0) is 62.4 Å². The molecule has 0 bridgehead atoms. The molecule has 2 N–H and O–H groups in total. The van der Waals surface area contributed by atoms with Gasteiger partial charge in [0.05, 0.1) is 24.5 Å². The molecule has 0 atom stereocenters. The first-order valence-corrected chi connectivity index (χ1v) is 11.0. The number of carbonyl (C=O) groups excluding carboxylic acids is 2. The number of pyridine rings is 2. The van der Waals surface area contributed by atoms with Crippen LogP contribution in [0.2, 0.25) is 0 Å². The Morgan fingerprint density at radius 1 is 0.657 bits per heavy atom. The van der Waals surface area contributed by atoms with Gasteiger partial charge < -0.3 is 10.6 Å². The van der Waals surface area contributed by atoms with Crippen molar-refractivity contribution in [1.29, 1.82) is 0 Å². The number of rotatable bonds is 6. The van der Waals surface area contributed by atoms with Gasteiger partial charge in [0.25, 0.3) is 0 Å². The van der Waals surface area contributed by atoms with E-state index in [9.17, 15) is 9.59 Å². The van der Waals surface area contributed by atoms with Gasteiger partial charge in [-0.1, -0.05) is 36.4 Å². The van der Waals surface area contributed by atoms with Crippen LogP contribution in [0.1, 0.15) is 22.8 Å². The number of hydrogen-bond donors (Lipinski definition) is 2. The summed E-state index contributed by atoms with van der Waals surface area (Å²) in [7, 11) is 0. The largest absolute Gasteiger partial charge is 0.385 e. The molecule has 0 fully saturated rings. The second-order valence-corrected chi connectivity index (χ2v) is 7.67. The number of nitrogens with zero attached hydrogens (tertiary/aromatic N) is 2. The third kappa shape index (κ3) is 9.51. The summed E-state index contributed by atoms with van der Waals surface area (Å²) in [6.45, 7) is 5.16. The maximum Gasteiger partial charge on any atom is 0.187 e. The van der Waals surface area contributed by atoms with Crippen LogP contribution in [0.25, 0.3) is 0 Å². The number of ketones is 2. The first-order valence-electron chi connectivity index (χ1n) is 11.0. The normalized spacial score (nSPS) is 16.1. The molecule has 7 heteroatoms. The van der Waals surface area contributed by atoms with Crippen molar-refractivity contribution in [1.82, 2.24) is 20.6 Å². The Kier molecular flexibility index (Phi) is 11.3. The minimum absolute atomic E-state index is 0. The molecule has 4 rings (SSSR count). The Balaban J connectivity index is 0.000000240. The Morgan fingerprint density at radius 2 is 1.06 bits per heavy atom. The fourth-order valence-electron chi connectivity index (χ4n) is 3.13. The van der Waals surface area contributed by atoms with Crippen LogP contribution in [0.15, 0.2) is 109 Å². The van der Waals surface area contributed by atoms with Gasteiger partial charge in [0, 0.05) is 51.4 Å². The predicted octanol–water partition coefficient (Wildman–Crippen LogP) is 4.11. The number of carbonyl (C=O) groups is 2. The molecule has 182 valence electrons. The minimum atomic E-state index is 0. The number of allylic oxidation sites excluding steroid dienone is 10. The van der Waals surface area contributed by atoms with Crippen molar-refractivity contribution in [2.75, 3.05) is 0 Å². The maximum atomic E-state index is 11.4. The molecule has 2 aromatic rings. The quantitative estimate of drug-likeness (QED) is 0.449. The monoisotopic (exact) mass is 510 g/mol. The summed E-state index contributed by atoms with van der Waals surface area (Å²) in [5.74, 6) is 0.0504. The van der Waals surface area contributed by atoms with Crippen LogP contribution in [0.3, 0.4) is 0 Å². The molecule has 0 saturated carbocycles. The summed E-state index contributed by atoms with van der Waals surface area (Å²) < 4.78 is 0. The maximum absolute atomic E-state index is 11.4. The molecule has 2 aliphatic rings. The third-order valence-electron chi connectivity index (χ3n) is 4.81. The molecular weight excluding hydrogens is 483 g/mol. The molecule has 0 saturated heterocycles. The zero-order valence-corrected chi connectivity index (χ0v) is 20.7. The second-order valence-electron chi connectivity index (χ2n) is 7.67. The van der Waals surface area contributed by atoms with Gasteiger partial charge in [0.2, 0.25) is 0 Å². The van der Waals surface area contributed by atoms with E-state index in [1.54, 1.807) is 48.9 Å². The Labute approximate surface area is 216 Å². The molecule has 2 aliphatic carbocycles. The van der Waals surface area contributed by atoms with Gasteiger partial charge >= 0.3 is 0 Å². The van der Waals surface area contributed by atoms with Gasteiger partial charge in [-0.3, -0.25) is 19.6 Å². The van der Waals surface area contributed by atoms with E-state index in [1.165, 1.54) is 0 Å². The van der Waals surface area contributed by atoms with E-state index in [1.807, 2.05) is 62.4 Å². The molecule has 0 aromatic carbocycles. The molecule has 35 heavy (non-hydrogen) atoms. The van der Waals surface area contributed by atoms with E-state index < -0.39 is 0 Å². The summed E-state index contributed by atoms with van der Waals surface area (Å²) in [6, 6.07) is 11.8. The number of aryl methyl sites for hydroxylation is 2. The van der Waals surface area contributed by atoms with Crippen LogP contribution in [0.5, 0.6) is 0 Å². The van der Waals surface area contributed by atoms with E-state index >= 15 is 0 Å². The number of nitrogens with one attached hydrogen (secondary N) is 2. The zero-order valence-electron chi connectivity index (χ0n) is 19.7. The topological polar surface area (TPSA) is 84.0 Å². The van der Waals surface area contributed by atoms with Crippen molar-refractivity contribution < 1.29 is 26.1 Å². The average Bonchev–Trinajstić information content (AvgIpc) is 2.82. The van der Waals surface area contributed by atoms with Gasteiger partial charge in [0.15, 0.2) is 11.6 Å². The van der Waals surface area contributed by atoms with E-state index in [4.69, 9.17) is 0 Å². The van der Waals surface area contributed by atoms with Gasteiger partial charge in [-0.15, -0.1) is 0 Å². The van der Waals surface area contributed by atoms with Crippen LogP contribution >= 0.6 is 0 Å². The first kappa shape index (κ1) is 27.4. The summed E-state index contributed by atoms with van der Waals surface area (Å²) in [6.07, 6.45) is 17.3. The molecular formula is C28H28N4NiO2. The second kappa shape index (κ2) is 14.4. The molecule has 0 amide bonds. The first-order chi connectivity index (χ1) is 16.5. The van der Waals surface area contributed by atoms with Crippen LogP contribution < -0.4 is 10.6 Å². The van der Waals surface area contributed by atoms with Crippen LogP contribution in [0.4, 0.5) is 0 Å². The van der Waals surface area contributed by atoms with Crippen molar-refractivity contribution in [3.8, 4) is 0 Å². The summed E-state index contributed by atoms with van der Waals surface area (Å²) in [5.41, 5.74) is 5.25. The fourth-order valence-corrected chi connectivity index (χ4v) is 3.13. The zero-order chi connectivity index (χ0) is 24.2. The Hall–Kier alpha value is -3.83. The fraction of sp³-hybridized carbons (Fsp3) is 0.143. The van der Waals surface area contributed by atoms with Crippen LogP contribution in [-0.4, -0.2) is 21.5 Å². The van der Waals surface area contributed by atoms with E-state index in [2.05, 4.69) is 20.6 Å². The minimum Gasteiger partial charge on any atom is -0.385 e. The molecule has 6 nitrogen and oxygen atoms in total. The molecule has 2 aromatic heterocycles. The van der Waals surface area contributed by atoms with Crippen molar-refractivity contribution >= 4 is 11.6 Å². The van der Waals surface area contributed by atoms with Gasteiger partial charge in [0.1, 0.15) is 0 Å². The number of aromatic nitrogens is 2. The summed E-state index contributed by atoms with van der Waals surface area (Å²) >= 11 is 0. The molecule has 0 unspecified atom stereocenters. The smallest absolute Gasteiger partial charge is 0.187 e. The van der Waals surface area contributed by atoms with Gasteiger partial charge in [-0.25, -0.2) is 0 Å². The molecule has 0 radical (unpaired) electrons. The Morgan fingerprint density at radius 3 is 1.43 bits per heavy atom. The van der Waals surface area contributed by atoms with E-state index in [0.29, 0.717) is 24.2 Å². The van der Waals surface area contributed by atoms with Crippen molar-refractivity contribution in [3.63, 3.8) is 0 Å². The van der Waals surface area contributed by atoms with E-state index in [-0.39, 0.29) is 28.1 Å². The molecule has 2 heterocycles. The van der Waals surface area contributed by atoms with Crippen LogP contribution in [0, 0.1) is 13.8 Å². The van der Waals surface area contributed by atoms with Crippen LogP contribution in [-0.2, 0) is 39.2 Å². The summed E-state index contributed by atoms with van der Waals surface area (Å²) in [5, 5.41) is 6.20. The SMILES string of the molecule is Cc1cccc(CNC=C2C=CC=CC2=O)n1.Cc1cccc(CNC=C2C=CC=CC2=O)n1.[Ni]. The molecule has 0 aliphatic heterocycles. The summed E-state index contributed by atoms with van der Waals surface area (Å²) in [4.78, 5) is 31.6. The predicted molar refractivity (Wildman–Crippen MR) is 134 cm³/mol. The standard InChI is InChI=1S/2C14H14N2O.Ni/c2*1-11-5-4-7-13(16-11)10-15-9-12-6-2-3-8-14(12)17;/h2*2-9,15H,10H2,1H3;. The van der Waals surface area contributed by atoms with Crippen molar-refractivity contribution in [2.45, 2.75) is 26.9 Å². The van der Waals surface area contributed by atoms with Crippen molar-refractivity contribution in [3.05, 3.63) is 131 Å². The van der Waals surface area contributed by atoms with Crippen molar-refractivity contribution in [2.24, 2.45) is 0 Å². The number of hydrogen-bond acceptors (Lipinski definition) is 6. The third-order valence-corrected chi connectivity index (χ3v) is 4.81. The Bertz CT molecular complexity index is 1130. The van der Waals surface area contributed by atoms with E-state index in [0.717, 1.165) is 22.8 Å².